The van der Waals surface area contributed by atoms with E-state index >= 15 is 0 Å². The molecule has 2 N–H and O–H groups in total. The molecule has 1 fully saturated rings. The fraction of sp³-hybridized carbons (Fsp3) is 0.500. The van der Waals surface area contributed by atoms with Gasteiger partial charge in [0.15, 0.2) is 0 Å². The molecule has 0 atom stereocenters. The number of benzene rings is 1. The van der Waals surface area contributed by atoms with Crippen LogP contribution in [0.1, 0.15) is 23.2 Å². The van der Waals surface area contributed by atoms with Gasteiger partial charge in [0, 0.05) is 13.1 Å². The molecule has 1 aromatic rings. The topological polar surface area (TPSA) is 55.6 Å². The first-order valence-corrected chi connectivity index (χ1v) is 6.63. The maximum atomic E-state index is 12.7. The van der Waals surface area contributed by atoms with E-state index in [1.165, 1.54) is 13.2 Å². The van der Waals surface area contributed by atoms with E-state index in [4.69, 9.17) is 5.73 Å². The number of nitrogen functional groups attached to an aromatic ring is 1. The summed E-state index contributed by atoms with van der Waals surface area (Å²) >= 11 is 0. The van der Waals surface area contributed by atoms with Crippen LogP contribution < -0.4 is 10.6 Å². The molecule has 0 unspecified atom stereocenters. The molecular weight excluding hydrogens is 285 g/mol. The van der Waals surface area contributed by atoms with Gasteiger partial charge in [-0.25, -0.2) is 4.79 Å². The van der Waals surface area contributed by atoms with Crippen molar-refractivity contribution >= 4 is 17.3 Å². The third-order valence-electron chi connectivity index (χ3n) is 3.79. The minimum Gasteiger partial charge on any atom is -0.465 e. The van der Waals surface area contributed by atoms with Crippen LogP contribution >= 0.6 is 0 Å². The fourth-order valence-corrected chi connectivity index (χ4v) is 2.56. The number of halogens is 3. The number of esters is 1. The Morgan fingerprint density at radius 2 is 1.95 bits per heavy atom. The Morgan fingerprint density at radius 1 is 1.33 bits per heavy atom. The second kappa shape index (κ2) is 5.83. The van der Waals surface area contributed by atoms with Gasteiger partial charge in [-0.3, -0.25) is 0 Å². The maximum absolute atomic E-state index is 12.7. The zero-order valence-corrected chi connectivity index (χ0v) is 11.6. The van der Waals surface area contributed by atoms with Crippen LogP contribution in [0.4, 0.5) is 24.5 Å². The van der Waals surface area contributed by atoms with Gasteiger partial charge in [0.05, 0.1) is 30.0 Å². The van der Waals surface area contributed by atoms with E-state index in [9.17, 15) is 18.0 Å². The molecule has 4 nitrogen and oxygen atoms in total. The van der Waals surface area contributed by atoms with Gasteiger partial charge < -0.3 is 15.4 Å². The smallest absolute Gasteiger partial charge is 0.391 e. The van der Waals surface area contributed by atoms with Crippen LogP contribution in [0.25, 0.3) is 0 Å². The average molecular weight is 302 g/mol. The number of nitrogens with zero attached hydrogens (tertiary/aromatic N) is 1. The number of nitrogens with two attached hydrogens (primary N) is 1. The van der Waals surface area contributed by atoms with E-state index in [-0.39, 0.29) is 37.2 Å². The SMILES string of the molecule is COC(=O)c1cccc(N2CCC(C(F)(F)F)CC2)c1N. The van der Waals surface area contributed by atoms with Gasteiger partial charge in [0.25, 0.3) is 0 Å². The molecule has 0 spiro atoms. The largest absolute Gasteiger partial charge is 0.465 e. The van der Waals surface area contributed by atoms with E-state index in [0.29, 0.717) is 5.69 Å². The number of hydrogen-bond donors (Lipinski definition) is 1. The monoisotopic (exact) mass is 302 g/mol. The lowest BCUT2D eigenvalue weighted by Crippen LogP contribution is -2.39. The van der Waals surface area contributed by atoms with Crippen molar-refractivity contribution in [3.05, 3.63) is 23.8 Å². The Hall–Kier alpha value is -1.92. The lowest BCUT2D eigenvalue weighted by molar-refractivity contribution is -0.179. The molecule has 0 bridgehead atoms. The second-order valence-electron chi connectivity index (χ2n) is 5.03. The highest BCUT2D eigenvalue weighted by atomic mass is 19.4. The number of para-hydroxylation sites is 1. The Balaban J connectivity index is 2.16. The van der Waals surface area contributed by atoms with Crippen LogP contribution in [0, 0.1) is 5.92 Å². The van der Waals surface area contributed by atoms with Gasteiger partial charge in [0.1, 0.15) is 0 Å². The normalized spacial score (nSPS) is 16.9. The third kappa shape index (κ3) is 3.22. The zero-order chi connectivity index (χ0) is 15.6. The Morgan fingerprint density at radius 3 is 2.48 bits per heavy atom. The van der Waals surface area contributed by atoms with E-state index in [1.807, 2.05) is 0 Å². The minimum absolute atomic E-state index is 0.0331. The predicted molar refractivity (Wildman–Crippen MR) is 73.2 cm³/mol. The summed E-state index contributed by atoms with van der Waals surface area (Å²) in [4.78, 5) is 13.4. The molecule has 1 aliphatic heterocycles. The second-order valence-corrected chi connectivity index (χ2v) is 5.03. The third-order valence-corrected chi connectivity index (χ3v) is 3.79. The zero-order valence-electron chi connectivity index (χ0n) is 11.6. The molecule has 21 heavy (non-hydrogen) atoms. The van der Waals surface area contributed by atoms with Crippen LogP contribution in [0.2, 0.25) is 0 Å². The fourth-order valence-electron chi connectivity index (χ4n) is 2.56. The summed E-state index contributed by atoms with van der Waals surface area (Å²) in [6.07, 6.45) is -4.08. The number of piperidine rings is 1. The first kappa shape index (κ1) is 15.5. The predicted octanol–water partition coefficient (Wildman–Crippen LogP) is 2.83. The lowest BCUT2D eigenvalue weighted by Gasteiger charge is -2.35. The molecule has 1 heterocycles. The van der Waals surface area contributed by atoms with Gasteiger partial charge in [-0.15, -0.1) is 0 Å². The number of ether oxygens (including phenoxy) is 1. The molecule has 1 aliphatic rings. The van der Waals surface area contributed by atoms with E-state index in [0.717, 1.165) is 0 Å². The summed E-state index contributed by atoms with van der Waals surface area (Å²) in [5.41, 5.74) is 7.00. The average Bonchev–Trinajstić information content (AvgIpc) is 2.46. The van der Waals surface area contributed by atoms with Gasteiger partial charge in [-0.2, -0.15) is 13.2 Å². The molecule has 0 aliphatic carbocycles. The first-order valence-electron chi connectivity index (χ1n) is 6.63. The molecule has 0 radical (unpaired) electrons. The number of alkyl halides is 3. The highest BCUT2D eigenvalue weighted by molar-refractivity contribution is 5.98. The number of carbonyl (C=O) groups is 1. The van der Waals surface area contributed by atoms with Gasteiger partial charge in [0.2, 0.25) is 0 Å². The van der Waals surface area contributed by atoms with E-state index < -0.39 is 18.1 Å². The van der Waals surface area contributed by atoms with Crippen LogP contribution in [-0.4, -0.2) is 32.3 Å². The first-order chi connectivity index (χ1) is 9.84. The van der Waals surface area contributed by atoms with Crippen LogP contribution in [0.15, 0.2) is 18.2 Å². The molecule has 116 valence electrons. The summed E-state index contributed by atoms with van der Waals surface area (Å²) in [5, 5.41) is 0. The Labute approximate surface area is 120 Å². The van der Waals surface area contributed by atoms with E-state index in [2.05, 4.69) is 4.74 Å². The summed E-state index contributed by atoms with van der Waals surface area (Å²) < 4.78 is 42.6. The highest BCUT2D eigenvalue weighted by Crippen LogP contribution is 2.37. The summed E-state index contributed by atoms with van der Waals surface area (Å²) in [7, 11) is 1.25. The number of carbonyl (C=O) groups excluding carboxylic acids is 1. The molecule has 1 aromatic carbocycles. The molecular formula is C14H17F3N2O2. The van der Waals surface area contributed by atoms with Crippen molar-refractivity contribution < 1.29 is 22.7 Å². The van der Waals surface area contributed by atoms with Crippen molar-refractivity contribution in [2.45, 2.75) is 19.0 Å². The molecule has 7 heteroatoms. The van der Waals surface area contributed by atoms with Gasteiger partial charge >= 0.3 is 12.1 Å². The maximum Gasteiger partial charge on any atom is 0.391 e. The standard InChI is InChI=1S/C14H17F3N2O2/c1-21-13(20)10-3-2-4-11(12(10)18)19-7-5-9(6-8-19)14(15,16)17/h2-4,9H,5-8,18H2,1H3. The van der Waals surface area contributed by atoms with Crippen molar-refractivity contribution in [2.75, 3.05) is 30.8 Å². The quantitative estimate of drug-likeness (QED) is 0.674. The molecule has 0 aromatic heterocycles. The van der Waals surface area contributed by atoms with Crippen molar-refractivity contribution in [3.63, 3.8) is 0 Å². The molecule has 2 rings (SSSR count). The number of anilines is 2. The molecule has 1 saturated heterocycles. The van der Waals surface area contributed by atoms with Crippen LogP contribution in [0.3, 0.4) is 0 Å². The number of methoxy groups -OCH3 is 1. The highest BCUT2D eigenvalue weighted by Gasteiger charge is 2.41. The number of rotatable bonds is 2. The number of hydrogen-bond acceptors (Lipinski definition) is 4. The Bertz CT molecular complexity index is 523. The van der Waals surface area contributed by atoms with Gasteiger partial charge in [-0.05, 0) is 25.0 Å². The van der Waals surface area contributed by atoms with Crippen LogP contribution in [0.5, 0.6) is 0 Å². The van der Waals surface area contributed by atoms with Crippen molar-refractivity contribution in [3.8, 4) is 0 Å². The summed E-state index contributed by atoms with van der Waals surface area (Å²) in [5.74, 6) is -1.82. The van der Waals surface area contributed by atoms with Crippen LogP contribution in [-0.2, 0) is 4.74 Å². The van der Waals surface area contributed by atoms with E-state index in [1.54, 1.807) is 17.0 Å². The van der Waals surface area contributed by atoms with Crippen molar-refractivity contribution in [2.24, 2.45) is 5.92 Å². The summed E-state index contributed by atoms with van der Waals surface area (Å²) in [6.45, 7) is 0.526. The lowest BCUT2D eigenvalue weighted by atomic mass is 9.95. The van der Waals surface area contributed by atoms with Crippen molar-refractivity contribution in [1.82, 2.24) is 0 Å². The summed E-state index contributed by atoms with van der Waals surface area (Å²) in [6, 6.07) is 4.89. The van der Waals surface area contributed by atoms with Gasteiger partial charge in [-0.1, -0.05) is 6.07 Å². The van der Waals surface area contributed by atoms with Crippen molar-refractivity contribution in [1.29, 1.82) is 0 Å². The molecule has 0 amide bonds. The Kier molecular flexibility index (Phi) is 4.29. The minimum atomic E-state index is -4.15. The molecule has 0 saturated carbocycles.